The number of ether oxygens (including phenoxy) is 1. The molecule has 4 amide bonds. The number of ketones is 1. The van der Waals surface area contributed by atoms with E-state index in [-0.39, 0.29) is 42.7 Å². The van der Waals surface area contributed by atoms with Gasteiger partial charge in [0.05, 0.1) is 16.4 Å². The molecule has 0 aliphatic carbocycles. The number of alkyl carbamates (subject to hydrolysis) is 1. The number of urea groups is 1. The molecular formula is C36H47N5O5S. The van der Waals surface area contributed by atoms with E-state index < -0.39 is 12.1 Å². The zero-order valence-corrected chi connectivity index (χ0v) is 28.0. The van der Waals surface area contributed by atoms with Crippen molar-refractivity contribution in [3.05, 3.63) is 88.4 Å². The number of nitrogens with one attached hydrogen (secondary N) is 3. The number of Topliss-reactive ketones (excluding diaryl/α,β-unsaturated/α-hetero) is 1. The van der Waals surface area contributed by atoms with Crippen molar-refractivity contribution >= 4 is 35.2 Å². The third kappa shape index (κ3) is 13.2. The Morgan fingerprint density at radius 2 is 1.55 bits per heavy atom. The van der Waals surface area contributed by atoms with Crippen molar-refractivity contribution in [2.75, 3.05) is 19.6 Å². The van der Waals surface area contributed by atoms with Crippen LogP contribution in [0.25, 0.3) is 0 Å². The molecule has 1 aromatic heterocycles. The monoisotopic (exact) mass is 661 g/mol. The van der Waals surface area contributed by atoms with Crippen molar-refractivity contribution in [2.24, 2.45) is 5.92 Å². The number of likely N-dealkylation sites (tertiary alicyclic amines) is 1. The lowest BCUT2D eigenvalue weighted by atomic mass is 9.86. The molecule has 0 unspecified atom stereocenters. The number of piperidine rings is 1. The normalized spacial score (nSPS) is 14.8. The number of aromatic nitrogens is 1. The molecule has 1 fully saturated rings. The average molecular weight is 662 g/mol. The van der Waals surface area contributed by atoms with Crippen LogP contribution >= 0.6 is 11.3 Å². The minimum Gasteiger partial charge on any atom is -0.444 e. The summed E-state index contributed by atoms with van der Waals surface area (Å²) in [6.45, 7) is 3.24. The van der Waals surface area contributed by atoms with Gasteiger partial charge in [-0.05, 0) is 68.4 Å². The summed E-state index contributed by atoms with van der Waals surface area (Å²) in [4.78, 5) is 58.1. The van der Waals surface area contributed by atoms with Crippen molar-refractivity contribution in [1.29, 1.82) is 0 Å². The second-order valence-corrected chi connectivity index (χ2v) is 13.2. The van der Waals surface area contributed by atoms with E-state index in [1.807, 2.05) is 48.5 Å². The predicted molar refractivity (Wildman–Crippen MR) is 183 cm³/mol. The molecule has 3 N–H and O–H groups in total. The second kappa shape index (κ2) is 19.4. The van der Waals surface area contributed by atoms with E-state index in [2.05, 4.69) is 33.1 Å². The molecule has 3 atom stereocenters. The van der Waals surface area contributed by atoms with Crippen LogP contribution in [0.1, 0.15) is 67.9 Å². The Balaban J connectivity index is 1.45. The average Bonchev–Trinajstić information content (AvgIpc) is 3.61. The number of benzene rings is 2. The fourth-order valence-electron chi connectivity index (χ4n) is 5.91. The first-order chi connectivity index (χ1) is 22.9. The molecule has 3 aromatic rings. The molecule has 2 heterocycles. The first-order valence-corrected chi connectivity index (χ1v) is 17.4. The van der Waals surface area contributed by atoms with Crippen molar-refractivity contribution in [3.8, 4) is 0 Å². The molecule has 0 radical (unpaired) electrons. The van der Waals surface area contributed by atoms with E-state index in [0.29, 0.717) is 51.7 Å². The van der Waals surface area contributed by atoms with Gasteiger partial charge in [-0.1, -0.05) is 60.7 Å². The van der Waals surface area contributed by atoms with Crippen LogP contribution in [0.2, 0.25) is 0 Å². The number of carbonyl (C=O) groups is 4. The molecule has 4 rings (SSSR count). The highest BCUT2D eigenvalue weighted by molar-refractivity contribution is 7.09. The Hall–Kier alpha value is -4.25. The van der Waals surface area contributed by atoms with Gasteiger partial charge in [-0.2, -0.15) is 0 Å². The summed E-state index contributed by atoms with van der Waals surface area (Å²) in [6.07, 6.45) is 7.37. The number of carbonyl (C=O) groups excluding carboxylic acids is 4. The number of hydrogen-bond acceptors (Lipinski definition) is 7. The zero-order chi connectivity index (χ0) is 33.3. The lowest BCUT2D eigenvalue weighted by Gasteiger charge is -2.29. The number of nitrogens with zero attached hydrogens (tertiary/aromatic N) is 2. The molecule has 11 heteroatoms. The van der Waals surface area contributed by atoms with Crippen LogP contribution in [0.5, 0.6) is 0 Å². The Labute approximate surface area is 281 Å². The number of hydrogen-bond donors (Lipinski definition) is 3. The van der Waals surface area contributed by atoms with Crippen LogP contribution in [-0.4, -0.2) is 65.4 Å². The van der Waals surface area contributed by atoms with Gasteiger partial charge in [-0.3, -0.25) is 14.6 Å². The number of rotatable bonds is 17. The third-order valence-corrected chi connectivity index (χ3v) is 9.15. The molecule has 2 aromatic carbocycles. The first kappa shape index (κ1) is 35.6. The van der Waals surface area contributed by atoms with Gasteiger partial charge in [0.15, 0.2) is 5.78 Å². The van der Waals surface area contributed by atoms with E-state index in [1.165, 1.54) is 18.3 Å². The summed E-state index contributed by atoms with van der Waals surface area (Å²) in [5, 5.41) is 8.81. The highest BCUT2D eigenvalue weighted by Crippen LogP contribution is 2.22. The van der Waals surface area contributed by atoms with Gasteiger partial charge >= 0.3 is 12.1 Å². The summed E-state index contributed by atoms with van der Waals surface area (Å²) in [6, 6.07) is 18.9. The Morgan fingerprint density at radius 3 is 2.19 bits per heavy atom. The largest absolute Gasteiger partial charge is 0.444 e. The fourth-order valence-corrected chi connectivity index (χ4v) is 6.42. The topological polar surface area (TPSA) is 130 Å². The van der Waals surface area contributed by atoms with E-state index in [9.17, 15) is 19.2 Å². The quantitative estimate of drug-likeness (QED) is 0.171. The molecule has 1 aliphatic heterocycles. The van der Waals surface area contributed by atoms with Crippen molar-refractivity contribution in [1.82, 2.24) is 25.8 Å². The van der Waals surface area contributed by atoms with Gasteiger partial charge in [0.1, 0.15) is 6.61 Å². The van der Waals surface area contributed by atoms with Gasteiger partial charge in [0, 0.05) is 45.2 Å². The van der Waals surface area contributed by atoms with Crippen LogP contribution in [-0.2, 0) is 33.8 Å². The number of amides is 4. The van der Waals surface area contributed by atoms with Crippen LogP contribution in [0.15, 0.2) is 72.4 Å². The van der Waals surface area contributed by atoms with Crippen molar-refractivity contribution in [3.63, 3.8) is 0 Å². The van der Waals surface area contributed by atoms with Gasteiger partial charge in [0.2, 0.25) is 5.91 Å². The molecule has 1 saturated heterocycles. The summed E-state index contributed by atoms with van der Waals surface area (Å²) in [5.74, 6) is -0.269. The maximum Gasteiger partial charge on any atom is 0.407 e. The summed E-state index contributed by atoms with van der Waals surface area (Å²) >= 11 is 1.43. The first-order valence-electron chi connectivity index (χ1n) is 16.6. The molecule has 0 bridgehead atoms. The van der Waals surface area contributed by atoms with Gasteiger partial charge in [-0.15, -0.1) is 11.3 Å². The van der Waals surface area contributed by atoms with Crippen LogP contribution in [0.4, 0.5) is 9.59 Å². The molecule has 47 heavy (non-hydrogen) atoms. The smallest absolute Gasteiger partial charge is 0.407 e. The fraction of sp³-hybridized carbons (Fsp3) is 0.472. The minimum absolute atomic E-state index is 0.0339. The maximum absolute atomic E-state index is 13.9. The zero-order valence-electron chi connectivity index (χ0n) is 27.2. The van der Waals surface area contributed by atoms with E-state index in [1.54, 1.807) is 16.6 Å². The Morgan fingerprint density at radius 1 is 0.872 bits per heavy atom. The van der Waals surface area contributed by atoms with Crippen LogP contribution in [0.3, 0.4) is 0 Å². The van der Waals surface area contributed by atoms with Crippen molar-refractivity contribution < 1.29 is 23.9 Å². The minimum atomic E-state index is -0.713. The second-order valence-electron chi connectivity index (χ2n) is 12.2. The molecule has 10 nitrogen and oxygen atoms in total. The highest BCUT2D eigenvalue weighted by atomic mass is 32.1. The van der Waals surface area contributed by atoms with Crippen LogP contribution in [0, 0.1) is 5.92 Å². The van der Waals surface area contributed by atoms with E-state index >= 15 is 0 Å². The molecule has 0 spiro atoms. The van der Waals surface area contributed by atoms with Gasteiger partial charge in [0.25, 0.3) is 0 Å². The summed E-state index contributed by atoms with van der Waals surface area (Å²) in [7, 11) is 0. The molecule has 252 valence electrons. The summed E-state index contributed by atoms with van der Waals surface area (Å²) < 4.78 is 5.49. The Kier molecular flexibility index (Phi) is 14.7. The highest BCUT2D eigenvalue weighted by Gasteiger charge is 2.27. The summed E-state index contributed by atoms with van der Waals surface area (Å²) in [5.41, 5.74) is 3.91. The van der Waals surface area contributed by atoms with Crippen molar-refractivity contribution in [2.45, 2.75) is 83.4 Å². The lowest BCUT2D eigenvalue weighted by molar-refractivity contribution is -0.123. The number of thiazole rings is 1. The predicted octanol–water partition coefficient (Wildman–Crippen LogP) is 5.67. The lowest BCUT2D eigenvalue weighted by Crippen LogP contribution is -2.50. The molecule has 1 aliphatic rings. The maximum atomic E-state index is 13.9. The Bertz CT molecular complexity index is 1380. The standard InChI is InChI=1S/C36H47N5O5S/c1-27(42)38-18-17-33(40-35(44)41-19-9-4-10-20-41)34(43)23-30(21-28-11-5-2-6-12-28)15-16-31(22-29-13-7-3-8-14-29)39-36(45)46-25-32-24-37-26-47-32/h2-3,5-8,11-14,24,26,30-31,33H,4,9-10,15-23,25H2,1H3,(H,38,42)(H,39,45)(H,40,44)/t30-,31-,33+/m1/s1. The third-order valence-electron chi connectivity index (χ3n) is 8.39. The van der Waals surface area contributed by atoms with Gasteiger partial charge < -0.3 is 25.6 Å². The van der Waals surface area contributed by atoms with Crippen LogP contribution < -0.4 is 16.0 Å². The van der Waals surface area contributed by atoms with Gasteiger partial charge in [-0.25, -0.2) is 9.59 Å². The molecular weight excluding hydrogens is 614 g/mol. The SMILES string of the molecule is CC(=O)NCC[C@H](NC(=O)N1CCCCC1)C(=O)C[C@H](CC[C@H](Cc1ccccc1)NC(=O)OCc1cncs1)Cc1ccccc1. The molecule has 0 saturated carbocycles. The van der Waals surface area contributed by atoms with E-state index in [4.69, 9.17) is 4.74 Å². The van der Waals surface area contributed by atoms with E-state index in [0.717, 1.165) is 35.3 Å².